The van der Waals surface area contributed by atoms with E-state index < -0.39 is 5.60 Å². The van der Waals surface area contributed by atoms with Crippen LogP contribution in [0.5, 0.6) is 0 Å². The van der Waals surface area contributed by atoms with Gasteiger partial charge in [-0.15, -0.1) is 12.4 Å². The van der Waals surface area contributed by atoms with Gasteiger partial charge in [0.1, 0.15) is 11.4 Å². The molecule has 1 N–H and O–H groups in total. The number of carbonyl (C=O) groups is 2. The Morgan fingerprint density at radius 1 is 0.450 bits per heavy atom. The van der Waals surface area contributed by atoms with E-state index in [4.69, 9.17) is 0 Å². The van der Waals surface area contributed by atoms with Gasteiger partial charge in [0, 0.05) is 19.3 Å². The second kappa shape index (κ2) is 31.5. The van der Waals surface area contributed by atoms with Crippen molar-refractivity contribution in [3.05, 3.63) is 0 Å². The molecule has 0 aromatic carbocycles. The summed E-state index contributed by atoms with van der Waals surface area (Å²) in [4.78, 5) is 25.2. The number of Topliss-reactive ketones (excluding diaryl/α,β-unsaturated/α-hetero) is 2. The minimum atomic E-state index is -1.44. The smallest absolute Gasteiger partial charge is 0.164 e. The van der Waals surface area contributed by atoms with E-state index >= 15 is 0 Å². The van der Waals surface area contributed by atoms with Crippen LogP contribution < -0.4 is 0 Å². The summed E-state index contributed by atoms with van der Waals surface area (Å²) in [6.45, 7) is 6.37. The number of rotatable bonds is 32. The maximum atomic E-state index is 12.7. The molecule has 0 saturated heterocycles. The van der Waals surface area contributed by atoms with Crippen LogP contribution in [0, 0.1) is 0 Å². The number of halogens is 1. The van der Waals surface area contributed by atoms with Crippen LogP contribution >= 0.6 is 12.4 Å². The van der Waals surface area contributed by atoms with Crippen molar-refractivity contribution in [1.29, 1.82) is 0 Å². The van der Waals surface area contributed by atoms with Crippen LogP contribution in [-0.4, -0.2) is 22.3 Å². The number of hydrogen-bond acceptors (Lipinski definition) is 3. The van der Waals surface area contributed by atoms with Crippen molar-refractivity contribution < 1.29 is 14.7 Å². The molecule has 0 fully saturated rings. The molecule has 0 aliphatic carbocycles. The molecule has 1 atom stereocenters. The summed E-state index contributed by atoms with van der Waals surface area (Å²) in [5.74, 6) is -0.0621. The molecule has 0 aromatic rings. The maximum Gasteiger partial charge on any atom is 0.164 e. The van der Waals surface area contributed by atoms with Crippen molar-refractivity contribution in [2.45, 2.75) is 219 Å². The van der Waals surface area contributed by atoms with Crippen LogP contribution in [0.4, 0.5) is 0 Å². The molecule has 0 rings (SSSR count). The van der Waals surface area contributed by atoms with E-state index in [1.54, 1.807) is 0 Å². The van der Waals surface area contributed by atoms with E-state index in [0.29, 0.717) is 19.3 Å². The minimum Gasteiger partial charge on any atom is -0.382 e. The summed E-state index contributed by atoms with van der Waals surface area (Å²) in [7, 11) is 0. The van der Waals surface area contributed by atoms with Gasteiger partial charge in [-0.1, -0.05) is 175 Å². The van der Waals surface area contributed by atoms with Crippen molar-refractivity contribution in [1.82, 2.24) is 0 Å². The first-order valence-electron chi connectivity index (χ1n) is 17.8. The van der Waals surface area contributed by atoms with E-state index in [0.717, 1.165) is 25.7 Å². The summed E-state index contributed by atoms with van der Waals surface area (Å²) in [5.41, 5.74) is -1.44. The highest BCUT2D eigenvalue weighted by Gasteiger charge is 2.35. The van der Waals surface area contributed by atoms with Gasteiger partial charge in [-0.05, 0) is 19.3 Å². The molecule has 0 amide bonds. The lowest BCUT2D eigenvalue weighted by Gasteiger charge is -2.24. The third-order valence-corrected chi connectivity index (χ3v) is 8.66. The van der Waals surface area contributed by atoms with E-state index in [-0.39, 0.29) is 30.4 Å². The fourth-order valence-electron chi connectivity index (χ4n) is 5.71. The predicted molar refractivity (Wildman–Crippen MR) is 178 cm³/mol. The van der Waals surface area contributed by atoms with Crippen molar-refractivity contribution in [2.24, 2.45) is 0 Å². The fraction of sp³-hybridized carbons (Fsp3) is 0.944. The number of unbranched alkanes of at least 4 members (excludes halogenated alkanes) is 24. The van der Waals surface area contributed by atoms with Gasteiger partial charge >= 0.3 is 0 Å². The Balaban J connectivity index is 0. The Kier molecular flexibility index (Phi) is 32.9. The first-order valence-corrected chi connectivity index (χ1v) is 17.8. The summed E-state index contributed by atoms with van der Waals surface area (Å²) in [5, 5.41) is 10.9. The second-order valence-corrected chi connectivity index (χ2v) is 12.5. The molecule has 0 aromatic heterocycles. The molecule has 240 valence electrons. The molecular weight excluding hydrogens is 516 g/mol. The topological polar surface area (TPSA) is 54.4 Å². The molecule has 4 heteroatoms. The third-order valence-electron chi connectivity index (χ3n) is 8.66. The maximum absolute atomic E-state index is 12.7. The average Bonchev–Trinajstić information content (AvgIpc) is 2.93. The molecule has 0 saturated carbocycles. The zero-order chi connectivity index (χ0) is 28.9. The molecule has 40 heavy (non-hydrogen) atoms. The fourth-order valence-corrected chi connectivity index (χ4v) is 5.71. The van der Waals surface area contributed by atoms with Crippen LogP contribution in [0.1, 0.15) is 213 Å². The average molecular weight is 587 g/mol. The lowest BCUT2D eigenvalue weighted by molar-refractivity contribution is -0.143. The lowest BCUT2D eigenvalue weighted by Crippen LogP contribution is -2.40. The van der Waals surface area contributed by atoms with Gasteiger partial charge in [-0.25, -0.2) is 0 Å². The molecule has 0 bridgehead atoms. The molecule has 0 heterocycles. The quantitative estimate of drug-likeness (QED) is 0.0797. The van der Waals surface area contributed by atoms with Gasteiger partial charge in [0.15, 0.2) is 5.78 Å². The lowest BCUT2D eigenvalue weighted by atomic mass is 9.85. The van der Waals surface area contributed by atoms with Gasteiger partial charge in [0.05, 0.1) is 0 Å². The first-order chi connectivity index (χ1) is 19.0. The van der Waals surface area contributed by atoms with Gasteiger partial charge in [-0.2, -0.15) is 0 Å². The van der Waals surface area contributed by atoms with Crippen LogP contribution in [0.3, 0.4) is 0 Å². The standard InChI is InChI=1S/C36H70O3.ClH/c1-4-7-9-11-13-15-17-19-21-23-25-27-29-31-34(37)33-36(39,6-3)35(38)32-30-28-26-24-22-20-18-16-14-12-10-8-5-2;/h39H,4-33H2,1-3H3;1H. The number of hydrogen-bond donors (Lipinski definition) is 1. The number of carbonyl (C=O) groups excluding carboxylic acids is 2. The number of aliphatic hydroxyl groups is 1. The first kappa shape index (κ1) is 41.7. The van der Waals surface area contributed by atoms with Gasteiger partial charge in [-0.3, -0.25) is 9.59 Å². The monoisotopic (exact) mass is 587 g/mol. The Bertz CT molecular complexity index is 550. The molecule has 3 nitrogen and oxygen atoms in total. The number of ketones is 2. The molecule has 1 unspecified atom stereocenters. The van der Waals surface area contributed by atoms with E-state index in [9.17, 15) is 14.7 Å². The van der Waals surface area contributed by atoms with E-state index in [1.165, 1.54) is 141 Å². The summed E-state index contributed by atoms with van der Waals surface area (Å²) >= 11 is 0. The summed E-state index contributed by atoms with van der Waals surface area (Å²) < 4.78 is 0. The van der Waals surface area contributed by atoms with Crippen LogP contribution in [0.2, 0.25) is 0 Å². The van der Waals surface area contributed by atoms with Crippen LogP contribution in [-0.2, 0) is 9.59 Å². The second-order valence-electron chi connectivity index (χ2n) is 12.5. The van der Waals surface area contributed by atoms with E-state index in [2.05, 4.69) is 13.8 Å². The highest BCUT2D eigenvalue weighted by Crippen LogP contribution is 2.23. The van der Waals surface area contributed by atoms with Crippen molar-refractivity contribution in [3.63, 3.8) is 0 Å². The Morgan fingerprint density at radius 3 is 1.02 bits per heavy atom. The van der Waals surface area contributed by atoms with Gasteiger partial charge in [0.2, 0.25) is 0 Å². The van der Waals surface area contributed by atoms with Crippen molar-refractivity contribution in [2.75, 3.05) is 0 Å². The molecule has 0 radical (unpaired) electrons. The molecule has 0 spiro atoms. The van der Waals surface area contributed by atoms with E-state index in [1.807, 2.05) is 6.92 Å². The SMILES string of the molecule is CCCCCCCCCCCCCCCC(=O)CC(O)(CC)C(=O)CCCCCCCCCCCCCCC.Cl. The highest BCUT2D eigenvalue weighted by atomic mass is 35.5. The Hall–Kier alpha value is -0.410. The highest BCUT2D eigenvalue weighted by molar-refractivity contribution is 5.92. The largest absolute Gasteiger partial charge is 0.382 e. The summed E-state index contributed by atoms with van der Waals surface area (Å²) in [6.07, 6.45) is 34.6. The molecule has 0 aliphatic rings. The molecular formula is C36H71ClO3. The van der Waals surface area contributed by atoms with Crippen LogP contribution in [0.25, 0.3) is 0 Å². The van der Waals surface area contributed by atoms with Gasteiger partial charge < -0.3 is 5.11 Å². The van der Waals surface area contributed by atoms with Crippen molar-refractivity contribution in [3.8, 4) is 0 Å². The zero-order valence-corrected chi connectivity index (χ0v) is 28.2. The summed E-state index contributed by atoms with van der Waals surface area (Å²) in [6, 6.07) is 0. The minimum absolute atomic E-state index is 0. The normalized spacial score (nSPS) is 12.7. The molecule has 0 aliphatic heterocycles. The Morgan fingerprint density at radius 2 is 0.725 bits per heavy atom. The zero-order valence-electron chi connectivity index (χ0n) is 27.4. The van der Waals surface area contributed by atoms with Crippen LogP contribution in [0.15, 0.2) is 0 Å². The predicted octanol–water partition coefficient (Wildman–Crippen LogP) is 12.0. The van der Waals surface area contributed by atoms with Crippen molar-refractivity contribution >= 4 is 24.0 Å². The van der Waals surface area contributed by atoms with Gasteiger partial charge in [0.25, 0.3) is 0 Å². The Labute approximate surface area is 257 Å². The third kappa shape index (κ3) is 26.5.